The van der Waals surface area contributed by atoms with Gasteiger partial charge in [0.1, 0.15) is 12.4 Å². The molecule has 0 aromatic heterocycles. The standard InChI is InChI=1S/C19H33NO6.C4H10O2.ClH/c1-6-7-8-17(25-14-24-12-11-23-5)15-13-20(10-9-16(15)21)18(22)26-19(2,3)4;1-5-3-4-6-2;/h1,15-17,21H,7-14H2,2-5H3;3-4H2,1-2H3;1H. The van der Waals surface area contributed by atoms with Crippen LogP contribution in [0.2, 0.25) is 0 Å². The zero-order chi connectivity index (χ0) is 24.4. The zero-order valence-corrected chi connectivity index (χ0v) is 21.9. The summed E-state index contributed by atoms with van der Waals surface area (Å²) in [5, 5.41) is 10.4. The normalized spacial score (nSPS) is 18.9. The molecule has 33 heavy (non-hydrogen) atoms. The van der Waals surface area contributed by atoms with Crippen LogP contribution in [0, 0.1) is 18.3 Å². The molecule has 0 spiro atoms. The number of amides is 1. The molecule has 1 heterocycles. The first-order chi connectivity index (χ1) is 15.2. The number of hydrogen-bond donors (Lipinski definition) is 1. The number of rotatable bonds is 12. The molecule has 3 atom stereocenters. The van der Waals surface area contributed by atoms with Gasteiger partial charge in [-0.1, -0.05) is 0 Å². The van der Waals surface area contributed by atoms with Gasteiger partial charge >= 0.3 is 6.09 Å². The third-order valence-corrected chi connectivity index (χ3v) is 4.61. The number of likely N-dealkylation sites (tertiary alicyclic amines) is 1. The van der Waals surface area contributed by atoms with Crippen LogP contribution in [0.5, 0.6) is 0 Å². The molecule has 1 amide bonds. The Morgan fingerprint density at radius 3 is 2.21 bits per heavy atom. The lowest BCUT2D eigenvalue weighted by molar-refractivity contribution is -0.138. The zero-order valence-electron chi connectivity index (χ0n) is 21.0. The van der Waals surface area contributed by atoms with Crippen LogP contribution in [-0.4, -0.2) is 102 Å². The molecular weight excluding hydrogens is 454 g/mol. The van der Waals surface area contributed by atoms with Crippen LogP contribution in [0.4, 0.5) is 4.79 Å². The summed E-state index contributed by atoms with van der Waals surface area (Å²) in [5.41, 5.74) is -0.558. The van der Waals surface area contributed by atoms with Crippen LogP contribution in [0.15, 0.2) is 0 Å². The van der Waals surface area contributed by atoms with Gasteiger partial charge in [0.05, 0.1) is 38.6 Å². The molecule has 1 aliphatic rings. The van der Waals surface area contributed by atoms with Crippen LogP contribution < -0.4 is 0 Å². The van der Waals surface area contributed by atoms with Gasteiger partial charge in [0.2, 0.25) is 0 Å². The van der Waals surface area contributed by atoms with Crippen LogP contribution in [0.3, 0.4) is 0 Å². The van der Waals surface area contributed by atoms with Crippen LogP contribution in [0.1, 0.15) is 40.0 Å². The highest BCUT2D eigenvalue weighted by Crippen LogP contribution is 2.26. The Bertz CT molecular complexity index is 520. The number of carbonyl (C=O) groups excluding carboxylic acids is 1. The van der Waals surface area contributed by atoms with Gasteiger partial charge in [0, 0.05) is 46.8 Å². The molecule has 1 aliphatic heterocycles. The Hall–Kier alpha value is -1.12. The van der Waals surface area contributed by atoms with E-state index in [4.69, 9.17) is 25.4 Å². The van der Waals surface area contributed by atoms with Crippen molar-refractivity contribution >= 4 is 18.5 Å². The monoisotopic (exact) mass is 497 g/mol. The van der Waals surface area contributed by atoms with Crippen molar-refractivity contribution < 1.29 is 38.3 Å². The van der Waals surface area contributed by atoms with Crippen molar-refractivity contribution in [2.75, 3.05) is 67.6 Å². The van der Waals surface area contributed by atoms with E-state index in [1.165, 1.54) is 0 Å². The largest absolute Gasteiger partial charge is 0.444 e. The van der Waals surface area contributed by atoms with Crippen LogP contribution in [0.25, 0.3) is 0 Å². The average Bonchev–Trinajstić information content (AvgIpc) is 2.74. The molecule has 0 aliphatic carbocycles. The summed E-state index contributed by atoms with van der Waals surface area (Å²) in [4.78, 5) is 14.0. The van der Waals surface area contributed by atoms with E-state index in [2.05, 4.69) is 15.4 Å². The van der Waals surface area contributed by atoms with Gasteiger partial charge in [-0.2, -0.15) is 0 Å². The van der Waals surface area contributed by atoms with Gasteiger partial charge in [-0.25, -0.2) is 4.79 Å². The summed E-state index contributed by atoms with van der Waals surface area (Å²) in [6, 6.07) is 0. The minimum absolute atomic E-state index is 0. The number of nitrogens with zero attached hydrogens (tertiary/aromatic N) is 1. The second kappa shape index (κ2) is 20.3. The summed E-state index contributed by atoms with van der Waals surface area (Å²) in [6.45, 7) is 8.70. The summed E-state index contributed by atoms with van der Waals surface area (Å²) in [6.07, 6.45) is 5.74. The number of carbonyl (C=O) groups is 1. The third-order valence-electron chi connectivity index (χ3n) is 4.61. The molecule has 1 fully saturated rings. The topological polar surface area (TPSA) is 95.9 Å². The minimum atomic E-state index is -0.560. The number of halogens is 1. The fourth-order valence-electron chi connectivity index (χ4n) is 2.98. The van der Waals surface area contributed by atoms with Crippen molar-refractivity contribution in [1.82, 2.24) is 4.90 Å². The van der Waals surface area contributed by atoms with Gasteiger partial charge in [-0.15, -0.1) is 24.8 Å². The number of piperidine rings is 1. The molecule has 0 radical (unpaired) electrons. The first-order valence-corrected chi connectivity index (χ1v) is 11.0. The van der Waals surface area contributed by atoms with E-state index in [-0.39, 0.29) is 37.3 Å². The van der Waals surface area contributed by atoms with Gasteiger partial charge in [-0.3, -0.25) is 0 Å². The van der Waals surface area contributed by atoms with Gasteiger partial charge in [-0.05, 0) is 33.6 Å². The van der Waals surface area contributed by atoms with E-state index in [1.54, 1.807) is 26.2 Å². The molecule has 1 N–H and O–H groups in total. The Morgan fingerprint density at radius 1 is 1.12 bits per heavy atom. The predicted octanol–water partition coefficient (Wildman–Crippen LogP) is 2.72. The molecule has 3 unspecified atom stereocenters. The second-order valence-corrected chi connectivity index (χ2v) is 8.40. The van der Waals surface area contributed by atoms with E-state index in [1.807, 2.05) is 20.8 Å². The highest BCUT2D eigenvalue weighted by Gasteiger charge is 2.37. The van der Waals surface area contributed by atoms with E-state index < -0.39 is 11.7 Å². The third kappa shape index (κ3) is 17.0. The number of ether oxygens (including phenoxy) is 6. The minimum Gasteiger partial charge on any atom is -0.444 e. The number of aliphatic hydroxyl groups is 1. The molecule has 196 valence electrons. The molecule has 10 heteroatoms. The van der Waals surface area contributed by atoms with Crippen molar-refractivity contribution in [2.45, 2.75) is 57.8 Å². The Balaban J connectivity index is 0. The fraction of sp³-hybridized carbons (Fsp3) is 0.870. The summed E-state index contributed by atoms with van der Waals surface area (Å²) in [7, 11) is 4.90. The Labute approximate surface area is 205 Å². The Morgan fingerprint density at radius 2 is 1.70 bits per heavy atom. The number of aliphatic hydroxyl groups excluding tert-OH is 1. The van der Waals surface area contributed by atoms with Gasteiger partial charge in [0.25, 0.3) is 0 Å². The van der Waals surface area contributed by atoms with Crippen molar-refractivity contribution in [2.24, 2.45) is 5.92 Å². The highest BCUT2D eigenvalue weighted by molar-refractivity contribution is 5.85. The predicted molar refractivity (Wildman–Crippen MR) is 129 cm³/mol. The molecule has 1 rings (SSSR count). The first kappa shape index (κ1) is 34.0. The summed E-state index contributed by atoms with van der Waals surface area (Å²) >= 11 is 0. The highest BCUT2D eigenvalue weighted by atomic mass is 35.5. The van der Waals surface area contributed by atoms with Crippen molar-refractivity contribution in [1.29, 1.82) is 0 Å². The maximum Gasteiger partial charge on any atom is 0.410 e. The average molecular weight is 498 g/mol. The van der Waals surface area contributed by atoms with Crippen LogP contribution in [-0.2, 0) is 28.4 Å². The maximum atomic E-state index is 12.3. The van der Waals surface area contributed by atoms with Crippen molar-refractivity contribution in [3.8, 4) is 12.3 Å². The summed E-state index contributed by atoms with van der Waals surface area (Å²) in [5.74, 6) is 2.36. The van der Waals surface area contributed by atoms with Gasteiger partial charge < -0.3 is 38.4 Å². The molecule has 0 aromatic carbocycles. The van der Waals surface area contributed by atoms with E-state index in [0.29, 0.717) is 58.8 Å². The van der Waals surface area contributed by atoms with E-state index in [0.717, 1.165) is 0 Å². The van der Waals surface area contributed by atoms with Gasteiger partial charge in [0.15, 0.2) is 0 Å². The smallest absolute Gasteiger partial charge is 0.410 e. The number of methoxy groups -OCH3 is 3. The Kier molecular flexibility index (Phi) is 20.9. The van der Waals surface area contributed by atoms with Crippen molar-refractivity contribution in [3.05, 3.63) is 0 Å². The lowest BCUT2D eigenvalue weighted by Gasteiger charge is -2.40. The second-order valence-electron chi connectivity index (χ2n) is 8.40. The molecule has 0 bridgehead atoms. The lowest BCUT2D eigenvalue weighted by Crippen LogP contribution is -2.51. The van der Waals surface area contributed by atoms with E-state index in [9.17, 15) is 9.90 Å². The lowest BCUT2D eigenvalue weighted by atomic mass is 9.87. The fourth-order valence-corrected chi connectivity index (χ4v) is 2.98. The number of terminal acetylenes is 1. The maximum absolute atomic E-state index is 12.3. The van der Waals surface area contributed by atoms with Crippen LogP contribution >= 0.6 is 12.4 Å². The molecule has 0 saturated carbocycles. The quantitative estimate of drug-likeness (QED) is 0.250. The number of hydrogen-bond acceptors (Lipinski definition) is 8. The molecule has 0 aromatic rings. The molecule has 9 nitrogen and oxygen atoms in total. The first-order valence-electron chi connectivity index (χ1n) is 11.0. The van der Waals surface area contributed by atoms with Crippen molar-refractivity contribution in [3.63, 3.8) is 0 Å². The summed E-state index contributed by atoms with van der Waals surface area (Å²) < 4.78 is 30.9. The molecular formula is C23H44ClNO8. The van der Waals surface area contributed by atoms with E-state index >= 15 is 0 Å². The molecule has 1 saturated heterocycles. The SMILES string of the molecule is C#CCCC(OCOCCOC)C1CN(C(=O)OC(C)(C)C)CCC1O.COCCOC.Cl.